The number of piperidine rings is 1. The number of hydrogen-bond acceptors (Lipinski definition) is 5. The van der Waals surface area contributed by atoms with Gasteiger partial charge in [-0.25, -0.2) is 8.42 Å². The number of hydrogen-bond donors (Lipinski definition) is 0. The zero-order valence-electron chi connectivity index (χ0n) is 17.5. The Morgan fingerprint density at radius 1 is 1.24 bits per heavy atom. The van der Waals surface area contributed by atoms with Crippen molar-refractivity contribution in [1.29, 1.82) is 0 Å². The molecule has 3 atom stereocenters. The molecule has 158 valence electrons. The van der Waals surface area contributed by atoms with E-state index in [1.54, 1.807) is 11.4 Å². The van der Waals surface area contributed by atoms with Gasteiger partial charge in [0.15, 0.2) is 11.5 Å². The van der Waals surface area contributed by atoms with Gasteiger partial charge in [-0.1, -0.05) is 13.0 Å². The lowest BCUT2D eigenvalue weighted by molar-refractivity contribution is -0.122. The van der Waals surface area contributed by atoms with Gasteiger partial charge in [-0.05, 0) is 55.0 Å². The second-order valence-electron chi connectivity index (χ2n) is 8.39. The van der Waals surface area contributed by atoms with Crippen molar-refractivity contribution in [3.8, 4) is 5.75 Å². The van der Waals surface area contributed by atoms with Crippen molar-refractivity contribution in [1.82, 2.24) is 4.31 Å². The van der Waals surface area contributed by atoms with E-state index in [4.69, 9.17) is 9.47 Å². The number of ether oxygens (including phenoxy) is 2. The van der Waals surface area contributed by atoms with E-state index in [0.717, 1.165) is 16.9 Å². The van der Waals surface area contributed by atoms with E-state index in [0.29, 0.717) is 38.0 Å². The van der Waals surface area contributed by atoms with Crippen molar-refractivity contribution in [3.05, 3.63) is 40.7 Å². The highest BCUT2D eigenvalue weighted by Crippen LogP contribution is 2.56. The molecular formula is C22H29NO5S. The third-order valence-corrected chi connectivity index (χ3v) is 9.06. The number of ketones is 1. The second kappa shape index (κ2) is 7.13. The molecule has 4 rings (SSSR count). The quantitative estimate of drug-likeness (QED) is 0.734. The highest BCUT2D eigenvalue weighted by molar-refractivity contribution is 7.89. The summed E-state index contributed by atoms with van der Waals surface area (Å²) >= 11 is 0. The third kappa shape index (κ3) is 2.93. The molecule has 0 N–H and O–H groups in total. The van der Waals surface area contributed by atoms with Gasteiger partial charge in [0, 0.05) is 30.3 Å². The summed E-state index contributed by atoms with van der Waals surface area (Å²) in [6.07, 6.45) is 4.09. The molecule has 0 aromatic heterocycles. The molecule has 1 aromatic rings. The average molecular weight is 420 g/mol. The van der Waals surface area contributed by atoms with Gasteiger partial charge in [0.25, 0.3) is 0 Å². The lowest BCUT2D eigenvalue weighted by Crippen LogP contribution is -2.62. The van der Waals surface area contributed by atoms with Crippen LogP contribution in [0.25, 0.3) is 0 Å². The SMILES string of the molecule is CCCS(=O)(=O)N1CC[C@@]23CC(=O)C(OC)=CC2[C@@H]1Cc1ccc(OC)c(C)c13. The maximum atomic E-state index is 13.0. The fraction of sp³-hybridized carbons (Fsp3) is 0.591. The van der Waals surface area contributed by atoms with E-state index in [1.807, 2.05) is 32.1 Å². The minimum Gasteiger partial charge on any atom is -0.496 e. The molecule has 2 bridgehead atoms. The number of carbonyl (C=O) groups is 1. The van der Waals surface area contributed by atoms with Crippen LogP contribution in [0.3, 0.4) is 0 Å². The van der Waals surface area contributed by atoms with Crippen molar-refractivity contribution in [3.63, 3.8) is 0 Å². The van der Waals surface area contributed by atoms with Gasteiger partial charge in [-0.2, -0.15) is 4.31 Å². The topological polar surface area (TPSA) is 72.9 Å². The van der Waals surface area contributed by atoms with Gasteiger partial charge in [-0.15, -0.1) is 0 Å². The summed E-state index contributed by atoms with van der Waals surface area (Å²) in [4.78, 5) is 12.9. The van der Waals surface area contributed by atoms with Crippen LogP contribution in [0.15, 0.2) is 24.0 Å². The normalized spacial score (nSPS) is 29.0. The van der Waals surface area contributed by atoms with Crippen molar-refractivity contribution < 1.29 is 22.7 Å². The van der Waals surface area contributed by atoms with Crippen LogP contribution in [-0.2, 0) is 31.4 Å². The van der Waals surface area contributed by atoms with Crippen LogP contribution in [0.5, 0.6) is 5.75 Å². The number of benzene rings is 1. The van der Waals surface area contributed by atoms with Gasteiger partial charge in [-0.3, -0.25) is 4.79 Å². The molecule has 3 aliphatic rings. The second-order valence-corrected chi connectivity index (χ2v) is 10.4. The van der Waals surface area contributed by atoms with E-state index in [-0.39, 0.29) is 23.5 Å². The van der Waals surface area contributed by atoms with Crippen LogP contribution in [0.1, 0.15) is 42.9 Å². The molecule has 1 fully saturated rings. The number of fused-ring (bicyclic) bond motifs is 1. The molecule has 0 radical (unpaired) electrons. The fourth-order valence-electron chi connectivity index (χ4n) is 5.87. The van der Waals surface area contributed by atoms with Crippen molar-refractivity contribution in [2.75, 3.05) is 26.5 Å². The number of sulfonamides is 1. The van der Waals surface area contributed by atoms with E-state index >= 15 is 0 Å². The minimum atomic E-state index is -3.35. The maximum absolute atomic E-state index is 13.0. The van der Waals surface area contributed by atoms with Crippen LogP contribution in [-0.4, -0.2) is 51.1 Å². The molecule has 1 heterocycles. The summed E-state index contributed by atoms with van der Waals surface area (Å²) in [5.41, 5.74) is 2.95. The first-order valence-corrected chi connectivity index (χ1v) is 11.9. The molecule has 1 aromatic carbocycles. The van der Waals surface area contributed by atoms with Gasteiger partial charge < -0.3 is 9.47 Å². The number of Topliss-reactive ketones (excluding diaryl/α,β-unsaturated/α-hetero) is 1. The molecule has 1 saturated heterocycles. The number of nitrogens with zero attached hydrogens (tertiary/aromatic N) is 1. The zero-order chi connectivity index (χ0) is 21.0. The summed E-state index contributed by atoms with van der Waals surface area (Å²) in [6.45, 7) is 4.38. The van der Waals surface area contributed by atoms with E-state index in [2.05, 4.69) is 0 Å². The Bertz CT molecular complexity index is 983. The Kier molecular flexibility index (Phi) is 5.02. The fourth-order valence-corrected chi connectivity index (χ4v) is 7.60. The molecule has 7 heteroatoms. The highest BCUT2D eigenvalue weighted by Gasteiger charge is 2.58. The lowest BCUT2D eigenvalue weighted by Gasteiger charge is -2.57. The summed E-state index contributed by atoms with van der Waals surface area (Å²) in [5.74, 6) is 1.22. The Morgan fingerprint density at radius 3 is 2.66 bits per heavy atom. The Labute approximate surface area is 172 Å². The summed E-state index contributed by atoms with van der Waals surface area (Å²) in [5, 5.41) is 0. The molecule has 1 aliphatic heterocycles. The molecule has 29 heavy (non-hydrogen) atoms. The molecule has 6 nitrogen and oxygen atoms in total. The monoisotopic (exact) mass is 419 g/mol. The van der Waals surface area contributed by atoms with Gasteiger partial charge in [0.1, 0.15) is 5.75 Å². The van der Waals surface area contributed by atoms with E-state index in [9.17, 15) is 13.2 Å². The van der Waals surface area contributed by atoms with Crippen LogP contribution in [0, 0.1) is 12.8 Å². The molecular weight excluding hydrogens is 390 g/mol. The summed E-state index contributed by atoms with van der Waals surface area (Å²) in [6, 6.07) is 3.80. The molecule has 2 aliphatic carbocycles. The van der Waals surface area contributed by atoms with Gasteiger partial charge in [0.05, 0.1) is 20.0 Å². The molecule has 0 spiro atoms. The van der Waals surface area contributed by atoms with Crippen molar-refractivity contribution in [2.45, 2.75) is 51.0 Å². The summed E-state index contributed by atoms with van der Waals surface area (Å²) < 4.78 is 38.7. The first kappa shape index (κ1) is 20.4. The van der Waals surface area contributed by atoms with E-state index in [1.165, 1.54) is 12.7 Å². The first-order valence-electron chi connectivity index (χ1n) is 10.2. The predicted molar refractivity (Wildman–Crippen MR) is 111 cm³/mol. The highest BCUT2D eigenvalue weighted by atomic mass is 32.2. The third-order valence-electron chi connectivity index (χ3n) is 6.97. The Balaban J connectivity index is 1.93. The molecule has 1 unspecified atom stereocenters. The van der Waals surface area contributed by atoms with Crippen LogP contribution < -0.4 is 4.74 Å². The zero-order valence-corrected chi connectivity index (χ0v) is 18.3. The minimum absolute atomic E-state index is 0.0116. The van der Waals surface area contributed by atoms with Crippen molar-refractivity contribution in [2.24, 2.45) is 5.92 Å². The maximum Gasteiger partial charge on any atom is 0.214 e. The summed E-state index contributed by atoms with van der Waals surface area (Å²) in [7, 11) is -0.182. The van der Waals surface area contributed by atoms with Crippen molar-refractivity contribution >= 4 is 15.8 Å². The number of rotatable bonds is 5. The van der Waals surface area contributed by atoms with Crippen LogP contribution in [0.2, 0.25) is 0 Å². The van der Waals surface area contributed by atoms with Gasteiger partial charge >= 0.3 is 0 Å². The predicted octanol–water partition coefficient (Wildman–Crippen LogP) is 2.73. The average Bonchev–Trinajstić information content (AvgIpc) is 2.66. The smallest absolute Gasteiger partial charge is 0.214 e. The van der Waals surface area contributed by atoms with Crippen LogP contribution >= 0.6 is 0 Å². The largest absolute Gasteiger partial charge is 0.496 e. The Hall–Kier alpha value is -1.86. The van der Waals surface area contributed by atoms with E-state index < -0.39 is 15.4 Å². The van der Waals surface area contributed by atoms with Gasteiger partial charge in [0.2, 0.25) is 10.0 Å². The number of carbonyl (C=O) groups excluding carboxylic acids is 1. The Morgan fingerprint density at radius 2 is 2.00 bits per heavy atom. The van der Waals surface area contributed by atoms with Crippen LogP contribution in [0.4, 0.5) is 0 Å². The number of methoxy groups -OCH3 is 2. The molecule has 0 saturated carbocycles. The standard InChI is InChI=1S/C22H29NO5S/c1-5-10-29(25,26)23-9-8-22-13-18(24)20(28-4)12-16(22)17(23)11-15-6-7-19(27-3)14(2)21(15)22/h6-7,12,16-17H,5,8-11,13H2,1-4H3/t16?,17-,22+/m0/s1. The first-order chi connectivity index (χ1) is 13.8. The molecule has 0 amide bonds. The number of allylic oxidation sites excluding steroid dienone is 1. The lowest BCUT2D eigenvalue weighted by atomic mass is 9.53.